The lowest BCUT2D eigenvalue weighted by atomic mass is 10.2. The number of ether oxygens (including phenoxy) is 1. The van der Waals surface area contributed by atoms with Gasteiger partial charge in [0, 0.05) is 6.42 Å². The molecular formula is C12H13FN2O3. The van der Waals surface area contributed by atoms with Crippen molar-refractivity contribution in [3.63, 3.8) is 0 Å². The summed E-state index contributed by atoms with van der Waals surface area (Å²) in [6.07, 6.45) is 3.48. The monoisotopic (exact) mass is 252 g/mol. The molecule has 0 saturated heterocycles. The Morgan fingerprint density at radius 1 is 1.39 bits per heavy atom. The van der Waals surface area contributed by atoms with Crippen LogP contribution in [0.3, 0.4) is 0 Å². The van der Waals surface area contributed by atoms with E-state index in [2.05, 4.69) is 0 Å². The van der Waals surface area contributed by atoms with Crippen LogP contribution in [0, 0.1) is 5.82 Å². The summed E-state index contributed by atoms with van der Waals surface area (Å²) < 4.78 is 18.2. The van der Waals surface area contributed by atoms with E-state index in [9.17, 15) is 14.4 Å². The van der Waals surface area contributed by atoms with Gasteiger partial charge in [0.2, 0.25) is 0 Å². The molecule has 1 aromatic rings. The number of halogens is 1. The molecule has 5 nitrogen and oxygen atoms in total. The molecule has 0 fully saturated rings. The van der Waals surface area contributed by atoms with Crippen LogP contribution >= 0.6 is 0 Å². The number of urea groups is 1. The summed E-state index contributed by atoms with van der Waals surface area (Å²) in [4.78, 5) is 10.8. The first-order valence-electron chi connectivity index (χ1n) is 5.44. The Morgan fingerprint density at radius 3 is 2.67 bits per heavy atom. The van der Waals surface area contributed by atoms with Gasteiger partial charge in [0.05, 0.1) is 6.04 Å². The second-order valence-electron chi connectivity index (χ2n) is 3.98. The van der Waals surface area contributed by atoms with Crippen molar-refractivity contribution in [2.24, 2.45) is 5.73 Å². The number of nitrogens with zero attached hydrogens (tertiary/aromatic N) is 1. The topological polar surface area (TPSA) is 75.8 Å². The summed E-state index contributed by atoms with van der Waals surface area (Å²) >= 11 is 0. The Morgan fingerprint density at radius 2 is 2.06 bits per heavy atom. The van der Waals surface area contributed by atoms with Gasteiger partial charge in [0.15, 0.2) is 0 Å². The van der Waals surface area contributed by atoms with Crippen LogP contribution in [-0.4, -0.2) is 28.4 Å². The summed E-state index contributed by atoms with van der Waals surface area (Å²) in [5, 5.41) is 9.81. The molecule has 0 spiro atoms. The Hall–Kier alpha value is -2.08. The lowest BCUT2D eigenvalue weighted by molar-refractivity contribution is -0.0645. The van der Waals surface area contributed by atoms with E-state index in [0.29, 0.717) is 17.2 Å². The molecule has 2 atom stereocenters. The summed E-state index contributed by atoms with van der Waals surface area (Å²) in [5.74, 6) is 0.188. The van der Waals surface area contributed by atoms with Crippen molar-refractivity contribution in [2.45, 2.75) is 18.6 Å². The molecule has 96 valence electrons. The number of hydrogen-bond acceptors (Lipinski definition) is 3. The molecule has 2 rings (SSSR count). The van der Waals surface area contributed by atoms with Crippen LogP contribution in [0.15, 0.2) is 36.4 Å². The van der Waals surface area contributed by atoms with Crippen LogP contribution in [0.5, 0.6) is 5.75 Å². The maximum absolute atomic E-state index is 12.7. The predicted octanol–water partition coefficient (Wildman–Crippen LogP) is 1.67. The lowest BCUT2D eigenvalue weighted by Gasteiger charge is -2.20. The highest BCUT2D eigenvalue weighted by molar-refractivity contribution is 5.71. The standard InChI is InChI=1S/C12H13FN2O3/c13-8-1-4-10(5-2-8)18-11-6-3-9(7-11)15(17)12(14)16/h1-6,9,11,17H,7H2,(H2,14,16)/t9-,11+/m0/s1. The summed E-state index contributed by atoms with van der Waals surface area (Å²) in [6, 6.07) is 4.23. The Bertz CT molecular complexity index is 461. The lowest BCUT2D eigenvalue weighted by Crippen LogP contribution is -2.40. The van der Waals surface area contributed by atoms with Crippen molar-refractivity contribution in [2.75, 3.05) is 0 Å². The second kappa shape index (κ2) is 5.05. The normalized spacial score (nSPS) is 21.9. The van der Waals surface area contributed by atoms with Crippen LogP contribution in [-0.2, 0) is 0 Å². The molecule has 0 bridgehead atoms. The predicted molar refractivity (Wildman–Crippen MR) is 61.6 cm³/mol. The van der Waals surface area contributed by atoms with E-state index in [1.165, 1.54) is 24.3 Å². The summed E-state index contributed by atoms with van der Waals surface area (Å²) in [5.41, 5.74) is 4.95. The molecular weight excluding hydrogens is 239 g/mol. The van der Waals surface area contributed by atoms with Gasteiger partial charge >= 0.3 is 6.03 Å². The van der Waals surface area contributed by atoms with E-state index in [1.54, 1.807) is 12.2 Å². The van der Waals surface area contributed by atoms with Gasteiger partial charge in [-0.3, -0.25) is 5.21 Å². The Labute approximate surface area is 103 Å². The van der Waals surface area contributed by atoms with Crippen molar-refractivity contribution in [1.82, 2.24) is 5.06 Å². The van der Waals surface area contributed by atoms with Gasteiger partial charge in [-0.15, -0.1) is 0 Å². The van der Waals surface area contributed by atoms with Crippen LogP contribution in [0.2, 0.25) is 0 Å². The fraction of sp³-hybridized carbons (Fsp3) is 0.250. The Balaban J connectivity index is 1.92. The molecule has 1 aromatic carbocycles. The first-order chi connectivity index (χ1) is 8.56. The van der Waals surface area contributed by atoms with E-state index in [0.717, 1.165) is 0 Å². The van der Waals surface area contributed by atoms with Crippen molar-refractivity contribution in [1.29, 1.82) is 0 Å². The summed E-state index contributed by atoms with van der Waals surface area (Å²) in [7, 11) is 0. The number of benzene rings is 1. The summed E-state index contributed by atoms with van der Waals surface area (Å²) in [6.45, 7) is 0. The maximum Gasteiger partial charge on any atom is 0.339 e. The quantitative estimate of drug-likeness (QED) is 0.488. The molecule has 6 heteroatoms. The van der Waals surface area contributed by atoms with Crippen LogP contribution in [0.4, 0.5) is 9.18 Å². The number of rotatable bonds is 3. The van der Waals surface area contributed by atoms with Gasteiger partial charge in [-0.2, -0.15) is 5.06 Å². The van der Waals surface area contributed by atoms with E-state index < -0.39 is 12.1 Å². The minimum Gasteiger partial charge on any atom is -0.486 e. The average molecular weight is 252 g/mol. The zero-order chi connectivity index (χ0) is 13.1. The van der Waals surface area contributed by atoms with Crippen LogP contribution in [0.25, 0.3) is 0 Å². The number of amides is 2. The third-order valence-electron chi connectivity index (χ3n) is 2.66. The number of carbonyl (C=O) groups excluding carboxylic acids is 1. The number of hydroxylamine groups is 2. The maximum atomic E-state index is 12.7. The van der Waals surface area contributed by atoms with Crippen molar-refractivity contribution >= 4 is 6.03 Å². The largest absolute Gasteiger partial charge is 0.486 e. The van der Waals surface area contributed by atoms with Crippen molar-refractivity contribution in [3.8, 4) is 5.75 Å². The molecule has 1 aliphatic carbocycles. The smallest absolute Gasteiger partial charge is 0.339 e. The molecule has 0 aromatic heterocycles. The molecule has 0 unspecified atom stereocenters. The van der Waals surface area contributed by atoms with Crippen molar-refractivity contribution in [3.05, 3.63) is 42.2 Å². The van der Waals surface area contributed by atoms with Crippen molar-refractivity contribution < 1.29 is 19.1 Å². The second-order valence-corrected chi connectivity index (χ2v) is 3.98. The van der Waals surface area contributed by atoms with Crippen LogP contribution < -0.4 is 10.5 Å². The first kappa shape index (κ1) is 12.4. The average Bonchev–Trinajstić information content (AvgIpc) is 2.79. The molecule has 0 saturated carbocycles. The third kappa shape index (κ3) is 2.78. The molecule has 0 heterocycles. The van der Waals surface area contributed by atoms with Gasteiger partial charge in [0.1, 0.15) is 17.7 Å². The number of carbonyl (C=O) groups is 1. The van der Waals surface area contributed by atoms with Gasteiger partial charge in [-0.25, -0.2) is 9.18 Å². The fourth-order valence-electron chi connectivity index (χ4n) is 1.77. The van der Waals surface area contributed by atoms with Gasteiger partial charge in [-0.1, -0.05) is 6.08 Å². The van der Waals surface area contributed by atoms with E-state index in [1.807, 2.05) is 0 Å². The van der Waals surface area contributed by atoms with Gasteiger partial charge in [-0.05, 0) is 30.3 Å². The fourth-order valence-corrected chi connectivity index (χ4v) is 1.77. The highest BCUT2D eigenvalue weighted by Gasteiger charge is 2.26. The zero-order valence-electron chi connectivity index (χ0n) is 9.49. The SMILES string of the molecule is NC(=O)N(O)[C@H]1C=C[C@@H](Oc2ccc(F)cc2)C1. The van der Waals surface area contributed by atoms with Crippen LogP contribution in [0.1, 0.15) is 6.42 Å². The highest BCUT2D eigenvalue weighted by Crippen LogP contribution is 2.21. The Kier molecular flexibility index (Phi) is 3.47. The molecule has 1 aliphatic rings. The first-order valence-corrected chi connectivity index (χ1v) is 5.44. The molecule has 3 N–H and O–H groups in total. The molecule has 0 aliphatic heterocycles. The zero-order valence-corrected chi connectivity index (χ0v) is 9.49. The number of nitrogens with two attached hydrogens (primary N) is 1. The minimum absolute atomic E-state index is 0.283. The minimum atomic E-state index is -0.910. The van der Waals surface area contributed by atoms with E-state index >= 15 is 0 Å². The van der Waals surface area contributed by atoms with E-state index in [4.69, 9.17) is 10.5 Å². The number of primary amides is 1. The highest BCUT2D eigenvalue weighted by atomic mass is 19.1. The van der Waals surface area contributed by atoms with E-state index in [-0.39, 0.29) is 11.9 Å². The van der Waals surface area contributed by atoms with Gasteiger partial charge in [0.25, 0.3) is 0 Å². The molecule has 0 radical (unpaired) electrons. The van der Waals surface area contributed by atoms with Gasteiger partial charge < -0.3 is 10.5 Å². The molecule has 18 heavy (non-hydrogen) atoms. The molecule has 2 amide bonds. The third-order valence-corrected chi connectivity index (χ3v) is 2.66. The number of hydrogen-bond donors (Lipinski definition) is 2.